The third-order valence-electron chi connectivity index (χ3n) is 3.91. The molecule has 0 fully saturated rings. The Morgan fingerprint density at radius 3 is 2.95 bits per heavy atom. The summed E-state index contributed by atoms with van der Waals surface area (Å²) in [6, 6.07) is 9.20. The van der Waals surface area contributed by atoms with Crippen LogP contribution < -0.4 is 5.32 Å². The quantitative estimate of drug-likeness (QED) is 0.941. The average Bonchev–Trinajstić information content (AvgIpc) is 2.91. The van der Waals surface area contributed by atoms with Gasteiger partial charge in [-0.2, -0.15) is 5.10 Å². The Hall–Kier alpha value is -1.13. The number of nitrogens with one attached hydrogen (secondary N) is 1. The van der Waals surface area contributed by atoms with E-state index in [0.29, 0.717) is 6.04 Å². The Bertz CT molecular complexity index is 603. The van der Waals surface area contributed by atoms with Crippen LogP contribution in [-0.4, -0.2) is 9.78 Å². The minimum Gasteiger partial charge on any atom is -0.304 e. The normalized spacial score (nSPS) is 17.7. The molecule has 0 spiro atoms. The molecule has 1 unspecified atom stereocenters. The first-order valence-electron chi connectivity index (χ1n) is 6.66. The van der Waals surface area contributed by atoms with Crippen molar-refractivity contribution in [3.05, 3.63) is 51.3 Å². The van der Waals surface area contributed by atoms with Gasteiger partial charge < -0.3 is 5.32 Å². The van der Waals surface area contributed by atoms with E-state index in [9.17, 15) is 0 Å². The van der Waals surface area contributed by atoms with Crippen molar-refractivity contribution in [2.75, 3.05) is 0 Å². The largest absolute Gasteiger partial charge is 0.304 e. The van der Waals surface area contributed by atoms with Gasteiger partial charge in [-0.1, -0.05) is 24.3 Å². The SMILES string of the molecule is Cc1nn(C)c(CNC2CCc3ccccc32)c1Br. The summed E-state index contributed by atoms with van der Waals surface area (Å²) in [6.45, 7) is 2.87. The van der Waals surface area contributed by atoms with Crippen molar-refractivity contribution in [3.63, 3.8) is 0 Å². The Labute approximate surface area is 122 Å². The molecule has 100 valence electrons. The van der Waals surface area contributed by atoms with E-state index in [0.717, 1.165) is 16.7 Å². The number of nitrogens with zero attached hydrogens (tertiary/aromatic N) is 2. The summed E-state index contributed by atoms with van der Waals surface area (Å²) in [5, 5.41) is 8.09. The molecular formula is C15H18BrN3. The number of aromatic nitrogens is 2. The number of hydrogen-bond acceptors (Lipinski definition) is 2. The molecule has 0 bridgehead atoms. The molecule has 1 aliphatic carbocycles. The van der Waals surface area contributed by atoms with Gasteiger partial charge >= 0.3 is 0 Å². The topological polar surface area (TPSA) is 29.9 Å². The molecule has 1 aromatic heterocycles. The lowest BCUT2D eigenvalue weighted by atomic mass is 10.1. The maximum atomic E-state index is 4.43. The molecule has 2 aromatic rings. The zero-order valence-corrected chi connectivity index (χ0v) is 12.9. The van der Waals surface area contributed by atoms with E-state index >= 15 is 0 Å². The second-order valence-electron chi connectivity index (χ2n) is 5.14. The van der Waals surface area contributed by atoms with Gasteiger partial charge in [0, 0.05) is 19.6 Å². The van der Waals surface area contributed by atoms with Crippen LogP contribution in [0.5, 0.6) is 0 Å². The standard InChI is InChI=1S/C15H18BrN3/c1-10-15(16)14(19(2)18-10)9-17-13-8-7-11-5-3-4-6-12(11)13/h3-6,13,17H,7-9H2,1-2H3. The Kier molecular flexibility index (Phi) is 3.46. The lowest BCUT2D eigenvalue weighted by molar-refractivity contribution is 0.511. The van der Waals surface area contributed by atoms with Gasteiger partial charge in [0.1, 0.15) is 0 Å². The molecule has 1 N–H and O–H groups in total. The zero-order valence-electron chi connectivity index (χ0n) is 11.3. The van der Waals surface area contributed by atoms with E-state index < -0.39 is 0 Å². The molecule has 1 atom stereocenters. The van der Waals surface area contributed by atoms with Crippen molar-refractivity contribution in [3.8, 4) is 0 Å². The predicted molar refractivity (Wildman–Crippen MR) is 80.0 cm³/mol. The third-order valence-corrected chi connectivity index (χ3v) is 4.94. The smallest absolute Gasteiger partial charge is 0.0739 e. The summed E-state index contributed by atoms with van der Waals surface area (Å²) in [6.07, 6.45) is 2.37. The lowest BCUT2D eigenvalue weighted by Gasteiger charge is -2.14. The summed E-state index contributed by atoms with van der Waals surface area (Å²) < 4.78 is 3.07. The molecule has 0 aliphatic heterocycles. The minimum atomic E-state index is 0.471. The van der Waals surface area contributed by atoms with Crippen molar-refractivity contribution in [1.82, 2.24) is 15.1 Å². The molecule has 1 heterocycles. The van der Waals surface area contributed by atoms with Gasteiger partial charge in [0.05, 0.1) is 15.9 Å². The van der Waals surface area contributed by atoms with E-state index in [4.69, 9.17) is 0 Å². The van der Waals surface area contributed by atoms with Gasteiger partial charge in [-0.3, -0.25) is 4.68 Å². The highest BCUT2D eigenvalue weighted by Crippen LogP contribution is 2.31. The first kappa shape index (κ1) is 12.9. The van der Waals surface area contributed by atoms with Crippen LogP contribution >= 0.6 is 15.9 Å². The van der Waals surface area contributed by atoms with Gasteiger partial charge in [-0.25, -0.2) is 0 Å². The molecule has 1 aromatic carbocycles. The molecule has 0 amide bonds. The maximum Gasteiger partial charge on any atom is 0.0739 e. The van der Waals surface area contributed by atoms with Crippen molar-refractivity contribution < 1.29 is 0 Å². The van der Waals surface area contributed by atoms with Crippen molar-refractivity contribution in [1.29, 1.82) is 0 Å². The van der Waals surface area contributed by atoms with Crippen LogP contribution in [0.1, 0.15) is 35.0 Å². The zero-order chi connectivity index (χ0) is 13.4. The summed E-state index contributed by atoms with van der Waals surface area (Å²) >= 11 is 3.62. The fourth-order valence-electron chi connectivity index (χ4n) is 2.86. The van der Waals surface area contributed by atoms with Crippen LogP contribution in [0.2, 0.25) is 0 Å². The van der Waals surface area contributed by atoms with Gasteiger partial charge in [0.2, 0.25) is 0 Å². The van der Waals surface area contributed by atoms with Crippen molar-refractivity contribution in [2.45, 2.75) is 32.4 Å². The Morgan fingerprint density at radius 2 is 2.21 bits per heavy atom. The van der Waals surface area contributed by atoms with Crippen LogP contribution in [0.25, 0.3) is 0 Å². The van der Waals surface area contributed by atoms with E-state index in [2.05, 4.69) is 50.6 Å². The number of halogens is 1. The first-order valence-corrected chi connectivity index (χ1v) is 7.45. The lowest BCUT2D eigenvalue weighted by Crippen LogP contribution is -2.20. The first-order chi connectivity index (χ1) is 9.16. The summed E-state index contributed by atoms with van der Waals surface area (Å²) in [7, 11) is 2.00. The molecule has 3 rings (SSSR count). The molecule has 0 radical (unpaired) electrons. The van der Waals surface area contributed by atoms with Crippen molar-refractivity contribution in [2.24, 2.45) is 7.05 Å². The monoisotopic (exact) mass is 319 g/mol. The number of fused-ring (bicyclic) bond motifs is 1. The molecule has 0 saturated carbocycles. The molecule has 4 heteroatoms. The number of benzene rings is 1. The van der Waals surface area contributed by atoms with Gasteiger partial charge in [-0.15, -0.1) is 0 Å². The number of hydrogen-bond donors (Lipinski definition) is 1. The van der Waals surface area contributed by atoms with E-state index in [1.807, 2.05) is 18.7 Å². The van der Waals surface area contributed by atoms with Gasteiger partial charge in [0.25, 0.3) is 0 Å². The Morgan fingerprint density at radius 1 is 1.42 bits per heavy atom. The predicted octanol–water partition coefficient (Wildman–Crippen LogP) is 3.27. The van der Waals surface area contributed by atoms with E-state index in [1.165, 1.54) is 29.7 Å². The van der Waals surface area contributed by atoms with Crippen LogP contribution in [0.3, 0.4) is 0 Å². The summed E-state index contributed by atoms with van der Waals surface area (Å²) in [5.74, 6) is 0. The van der Waals surface area contributed by atoms with Crippen LogP contribution in [0.4, 0.5) is 0 Å². The molecular weight excluding hydrogens is 302 g/mol. The molecule has 1 aliphatic rings. The van der Waals surface area contributed by atoms with Gasteiger partial charge in [-0.05, 0) is 46.8 Å². The molecule has 0 saturated heterocycles. The van der Waals surface area contributed by atoms with E-state index in [1.54, 1.807) is 0 Å². The average molecular weight is 320 g/mol. The van der Waals surface area contributed by atoms with Gasteiger partial charge in [0.15, 0.2) is 0 Å². The highest BCUT2D eigenvalue weighted by atomic mass is 79.9. The number of aryl methyl sites for hydroxylation is 3. The molecule has 3 nitrogen and oxygen atoms in total. The second-order valence-corrected chi connectivity index (χ2v) is 5.93. The summed E-state index contributed by atoms with van der Waals surface area (Å²) in [5.41, 5.74) is 5.20. The molecule has 19 heavy (non-hydrogen) atoms. The Balaban J connectivity index is 1.74. The minimum absolute atomic E-state index is 0.471. The van der Waals surface area contributed by atoms with Crippen molar-refractivity contribution >= 4 is 15.9 Å². The second kappa shape index (κ2) is 5.10. The van der Waals surface area contributed by atoms with Crippen LogP contribution in [0.15, 0.2) is 28.7 Å². The number of rotatable bonds is 3. The highest BCUT2D eigenvalue weighted by Gasteiger charge is 2.22. The fourth-order valence-corrected chi connectivity index (χ4v) is 3.34. The highest BCUT2D eigenvalue weighted by molar-refractivity contribution is 9.10. The van der Waals surface area contributed by atoms with Crippen LogP contribution in [-0.2, 0) is 20.0 Å². The summed E-state index contributed by atoms with van der Waals surface area (Å²) in [4.78, 5) is 0. The fraction of sp³-hybridized carbons (Fsp3) is 0.400. The maximum absolute atomic E-state index is 4.43. The van der Waals surface area contributed by atoms with Crippen LogP contribution in [0, 0.1) is 6.92 Å². The third kappa shape index (κ3) is 2.35. The van der Waals surface area contributed by atoms with E-state index in [-0.39, 0.29) is 0 Å².